The summed E-state index contributed by atoms with van der Waals surface area (Å²) in [6, 6.07) is 5.57. The topological polar surface area (TPSA) is 85.4 Å². The Labute approximate surface area is 160 Å². The number of hydrogen-bond acceptors (Lipinski definition) is 8. The summed E-state index contributed by atoms with van der Waals surface area (Å²) in [4.78, 5) is 12.2. The zero-order valence-electron chi connectivity index (χ0n) is 15.2. The Morgan fingerprint density at radius 1 is 1.31 bits per heavy atom. The third-order valence-electron chi connectivity index (χ3n) is 3.49. The van der Waals surface area contributed by atoms with Gasteiger partial charge in [0.2, 0.25) is 17.8 Å². The van der Waals surface area contributed by atoms with E-state index >= 15 is 0 Å². The molecule has 1 atom stereocenters. The first kappa shape index (κ1) is 18.8. The lowest BCUT2D eigenvalue weighted by Gasteiger charge is -2.18. The Hall–Kier alpha value is -2.00. The third-order valence-corrected chi connectivity index (χ3v) is 5.46. The van der Waals surface area contributed by atoms with Crippen LogP contribution in [0, 0.1) is 0 Å². The lowest BCUT2D eigenvalue weighted by molar-refractivity contribution is -0.119. The van der Waals surface area contributed by atoms with E-state index in [9.17, 15) is 4.79 Å². The molecule has 1 aliphatic heterocycles. The Morgan fingerprint density at radius 3 is 2.85 bits per heavy atom. The summed E-state index contributed by atoms with van der Waals surface area (Å²) in [5, 5.41) is 15.2. The maximum atomic E-state index is 12.2. The molecule has 0 spiro atoms. The molecule has 1 unspecified atom stereocenters. The van der Waals surface area contributed by atoms with Crippen molar-refractivity contribution in [3.05, 3.63) is 23.8 Å². The molecule has 2 heterocycles. The highest BCUT2D eigenvalue weighted by atomic mass is 32.2. The number of thioether (sulfide) groups is 1. The second kappa shape index (κ2) is 7.71. The van der Waals surface area contributed by atoms with Crippen molar-refractivity contribution in [1.29, 1.82) is 0 Å². The summed E-state index contributed by atoms with van der Waals surface area (Å²) in [7, 11) is 0. The Bertz CT molecular complexity index is 789. The van der Waals surface area contributed by atoms with Gasteiger partial charge >= 0.3 is 0 Å². The lowest BCUT2D eigenvalue weighted by atomic mass is 10.1. The summed E-state index contributed by atoms with van der Waals surface area (Å²) in [6.07, 6.45) is 0. The van der Waals surface area contributed by atoms with Gasteiger partial charge in [-0.3, -0.25) is 4.79 Å². The molecule has 0 aliphatic carbocycles. The maximum absolute atomic E-state index is 12.2. The van der Waals surface area contributed by atoms with Crippen LogP contribution in [0.4, 0.5) is 5.13 Å². The average Bonchev–Trinajstić information content (AvgIpc) is 3.19. The molecule has 0 saturated heterocycles. The van der Waals surface area contributed by atoms with Gasteiger partial charge in [0.05, 0.1) is 11.8 Å². The van der Waals surface area contributed by atoms with Crippen molar-refractivity contribution in [1.82, 2.24) is 15.5 Å². The van der Waals surface area contributed by atoms with Crippen molar-refractivity contribution in [3.63, 3.8) is 0 Å². The second-order valence-corrected chi connectivity index (χ2v) is 9.14. The van der Waals surface area contributed by atoms with Crippen molar-refractivity contribution >= 4 is 34.1 Å². The van der Waals surface area contributed by atoms with Crippen molar-refractivity contribution < 1.29 is 14.3 Å². The molecule has 2 aromatic rings. The van der Waals surface area contributed by atoms with E-state index < -0.39 is 0 Å². The van der Waals surface area contributed by atoms with E-state index in [0.29, 0.717) is 11.5 Å². The summed E-state index contributed by atoms with van der Waals surface area (Å²) in [5.41, 5.74) is 0.902. The fourth-order valence-electron chi connectivity index (χ4n) is 2.32. The number of fused-ring (bicyclic) bond motifs is 1. The van der Waals surface area contributed by atoms with Crippen LogP contribution in [0.3, 0.4) is 0 Å². The molecule has 26 heavy (non-hydrogen) atoms. The molecule has 7 nitrogen and oxygen atoms in total. The molecule has 1 amide bonds. The van der Waals surface area contributed by atoms with E-state index in [1.54, 1.807) is 0 Å². The molecule has 1 aliphatic rings. The van der Waals surface area contributed by atoms with Gasteiger partial charge in [-0.25, -0.2) is 0 Å². The van der Waals surface area contributed by atoms with Gasteiger partial charge in [0.15, 0.2) is 15.8 Å². The van der Waals surface area contributed by atoms with Crippen LogP contribution in [-0.4, -0.2) is 34.2 Å². The molecule has 0 bridgehead atoms. The lowest BCUT2D eigenvalue weighted by Crippen LogP contribution is -2.28. The number of carbonyl (C=O) groups is 1. The van der Waals surface area contributed by atoms with E-state index in [-0.39, 0.29) is 24.3 Å². The Morgan fingerprint density at radius 2 is 2.08 bits per heavy atom. The van der Waals surface area contributed by atoms with Gasteiger partial charge in [-0.2, -0.15) is 0 Å². The molecule has 1 aromatic heterocycles. The standard InChI is InChI=1S/C17H22N4O3S2/c1-10(11-5-6-12-13(7-11)24-9-23-12)18-14(22)8-25-16-21-20-15(26-16)19-17(2,3)4/h5-7,10H,8-9H2,1-4H3,(H,18,22)(H,19,20). The molecule has 9 heteroatoms. The largest absolute Gasteiger partial charge is 0.454 e. The number of nitrogens with zero attached hydrogens (tertiary/aromatic N) is 2. The van der Waals surface area contributed by atoms with Crippen LogP contribution in [0.1, 0.15) is 39.3 Å². The number of carbonyl (C=O) groups excluding carboxylic acids is 1. The Balaban J connectivity index is 1.49. The van der Waals surface area contributed by atoms with Gasteiger partial charge in [0, 0.05) is 5.54 Å². The first-order valence-corrected chi connectivity index (χ1v) is 10.0. The van der Waals surface area contributed by atoms with E-state index in [1.165, 1.54) is 23.1 Å². The predicted octanol–water partition coefficient (Wildman–Crippen LogP) is 3.45. The summed E-state index contributed by atoms with van der Waals surface area (Å²) < 4.78 is 11.4. The molecule has 0 fully saturated rings. The van der Waals surface area contributed by atoms with Crippen LogP contribution < -0.4 is 20.1 Å². The van der Waals surface area contributed by atoms with Gasteiger partial charge < -0.3 is 20.1 Å². The van der Waals surface area contributed by atoms with Crippen LogP contribution in [-0.2, 0) is 4.79 Å². The summed E-state index contributed by atoms with van der Waals surface area (Å²) in [6.45, 7) is 8.37. The van der Waals surface area contributed by atoms with E-state index in [2.05, 4.69) is 41.6 Å². The van der Waals surface area contributed by atoms with Crippen molar-refractivity contribution in [3.8, 4) is 11.5 Å². The summed E-state index contributed by atoms with van der Waals surface area (Å²) in [5.74, 6) is 1.68. The van der Waals surface area contributed by atoms with Gasteiger partial charge in [-0.1, -0.05) is 29.2 Å². The number of hydrogen-bond donors (Lipinski definition) is 2. The fraction of sp³-hybridized carbons (Fsp3) is 0.471. The third kappa shape index (κ3) is 5.01. The minimum absolute atomic E-state index is 0.0549. The molecule has 0 radical (unpaired) electrons. The number of rotatable bonds is 6. The van der Waals surface area contributed by atoms with Crippen molar-refractivity contribution in [2.75, 3.05) is 17.9 Å². The molecular weight excluding hydrogens is 372 g/mol. The maximum Gasteiger partial charge on any atom is 0.231 e. The quantitative estimate of drug-likeness (QED) is 0.726. The van der Waals surface area contributed by atoms with Crippen LogP contribution >= 0.6 is 23.1 Å². The first-order chi connectivity index (χ1) is 12.3. The predicted molar refractivity (Wildman–Crippen MR) is 103 cm³/mol. The molecule has 2 N–H and O–H groups in total. The normalized spacial score (nSPS) is 14.2. The first-order valence-electron chi connectivity index (χ1n) is 8.23. The Kier molecular flexibility index (Phi) is 5.57. The average molecular weight is 395 g/mol. The molecule has 3 rings (SSSR count). The van der Waals surface area contributed by atoms with Gasteiger partial charge in [0.25, 0.3) is 0 Å². The molecular formula is C17H22N4O3S2. The van der Waals surface area contributed by atoms with Gasteiger partial charge in [0.1, 0.15) is 0 Å². The number of ether oxygens (including phenoxy) is 2. The fourth-order valence-corrected chi connectivity index (χ4v) is 4.09. The highest BCUT2D eigenvalue weighted by Crippen LogP contribution is 2.34. The monoisotopic (exact) mass is 394 g/mol. The second-order valence-electron chi connectivity index (χ2n) is 6.94. The van der Waals surface area contributed by atoms with Crippen molar-refractivity contribution in [2.45, 2.75) is 43.6 Å². The van der Waals surface area contributed by atoms with Gasteiger partial charge in [-0.15, -0.1) is 10.2 Å². The smallest absolute Gasteiger partial charge is 0.231 e. The molecule has 1 aromatic carbocycles. The minimum atomic E-state index is -0.120. The number of amides is 1. The van der Waals surface area contributed by atoms with E-state index in [4.69, 9.17) is 9.47 Å². The van der Waals surface area contributed by atoms with Crippen LogP contribution in [0.25, 0.3) is 0 Å². The highest BCUT2D eigenvalue weighted by Gasteiger charge is 2.18. The highest BCUT2D eigenvalue weighted by molar-refractivity contribution is 8.01. The van der Waals surface area contributed by atoms with E-state index in [1.807, 2.05) is 25.1 Å². The van der Waals surface area contributed by atoms with Crippen LogP contribution in [0.2, 0.25) is 0 Å². The zero-order chi connectivity index (χ0) is 18.7. The molecule has 140 valence electrons. The number of aromatic nitrogens is 2. The zero-order valence-corrected chi connectivity index (χ0v) is 16.8. The minimum Gasteiger partial charge on any atom is -0.454 e. The SMILES string of the molecule is CC(NC(=O)CSc1nnc(NC(C)(C)C)s1)c1ccc2c(c1)OCO2. The summed E-state index contributed by atoms with van der Waals surface area (Å²) >= 11 is 2.83. The van der Waals surface area contributed by atoms with Gasteiger partial charge in [-0.05, 0) is 45.4 Å². The number of benzene rings is 1. The van der Waals surface area contributed by atoms with E-state index in [0.717, 1.165) is 20.8 Å². The number of nitrogens with one attached hydrogen (secondary N) is 2. The number of anilines is 1. The van der Waals surface area contributed by atoms with Crippen LogP contribution in [0.15, 0.2) is 22.5 Å². The molecule has 0 saturated carbocycles. The van der Waals surface area contributed by atoms with Crippen molar-refractivity contribution in [2.24, 2.45) is 0 Å². The van der Waals surface area contributed by atoms with Crippen LogP contribution in [0.5, 0.6) is 11.5 Å².